The van der Waals surface area contributed by atoms with Crippen molar-refractivity contribution in [1.29, 1.82) is 0 Å². The fourth-order valence-corrected chi connectivity index (χ4v) is 2.05. The highest BCUT2D eigenvalue weighted by Crippen LogP contribution is 2.20. The lowest BCUT2D eigenvalue weighted by Crippen LogP contribution is -2.06. The SMILES string of the molecule is Cn1ccc(-n2c(CO)nnc2SCC(=O)O)n1. The summed E-state index contributed by atoms with van der Waals surface area (Å²) in [5.74, 6) is -0.210. The minimum atomic E-state index is -0.943. The summed E-state index contributed by atoms with van der Waals surface area (Å²) < 4.78 is 3.13. The Balaban J connectivity index is 2.36. The molecule has 0 aliphatic carbocycles. The summed E-state index contributed by atoms with van der Waals surface area (Å²) in [4.78, 5) is 10.6. The average Bonchev–Trinajstić information content (AvgIpc) is 2.91. The molecule has 2 aromatic heterocycles. The van der Waals surface area contributed by atoms with E-state index in [-0.39, 0.29) is 12.4 Å². The molecule has 2 N–H and O–H groups in total. The summed E-state index contributed by atoms with van der Waals surface area (Å²) in [6, 6.07) is 1.73. The van der Waals surface area contributed by atoms with Gasteiger partial charge in [0.1, 0.15) is 6.61 Å². The number of carboxylic acids is 1. The first kappa shape index (κ1) is 12.6. The highest BCUT2D eigenvalue weighted by molar-refractivity contribution is 7.99. The van der Waals surface area contributed by atoms with E-state index in [1.807, 2.05) is 0 Å². The molecule has 0 saturated heterocycles. The second kappa shape index (κ2) is 5.19. The molecule has 0 bridgehead atoms. The van der Waals surface area contributed by atoms with E-state index < -0.39 is 5.97 Å². The van der Waals surface area contributed by atoms with E-state index in [9.17, 15) is 9.90 Å². The quantitative estimate of drug-likeness (QED) is 0.716. The molecule has 2 heterocycles. The standard InChI is InChI=1S/C9H11N5O3S/c1-13-3-2-6(12-13)14-7(4-15)10-11-9(14)18-5-8(16)17/h2-3,15H,4-5H2,1H3,(H,16,17). The number of nitrogens with zero attached hydrogens (tertiary/aromatic N) is 5. The molecule has 0 saturated carbocycles. The van der Waals surface area contributed by atoms with Gasteiger partial charge in [0.15, 0.2) is 16.8 Å². The number of thioether (sulfide) groups is 1. The number of aliphatic carboxylic acids is 1. The third kappa shape index (κ3) is 2.51. The van der Waals surface area contributed by atoms with Gasteiger partial charge in [-0.05, 0) is 0 Å². The van der Waals surface area contributed by atoms with Gasteiger partial charge in [-0.1, -0.05) is 11.8 Å². The lowest BCUT2D eigenvalue weighted by Gasteiger charge is -2.04. The van der Waals surface area contributed by atoms with E-state index in [0.29, 0.717) is 16.8 Å². The van der Waals surface area contributed by atoms with Gasteiger partial charge in [-0.15, -0.1) is 10.2 Å². The van der Waals surface area contributed by atoms with Crippen molar-refractivity contribution in [1.82, 2.24) is 24.5 Å². The van der Waals surface area contributed by atoms with E-state index >= 15 is 0 Å². The Bertz CT molecular complexity index is 564. The fraction of sp³-hybridized carbons (Fsp3) is 0.333. The topological polar surface area (TPSA) is 106 Å². The lowest BCUT2D eigenvalue weighted by molar-refractivity contribution is -0.133. The molecule has 18 heavy (non-hydrogen) atoms. The zero-order valence-electron chi connectivity index (χ0n) is 9.52. The van der Waals surface area contributed by atoms with Crippen LogP contribution in [0.2, 0.25) is 0 Å². The van der Waals surface area contributed by atoms with Gasteiger partial charge >= 0.3 is 5.97 Å². The molecular formula is C9H11N5O3S. The molecule has 0 aliphatic heterocycles. The predicted molar refractivity (Wildman–Crippen MR) is 62.4 cm³/mol. The van der Waals surface area contributed by atoms with E-state index in [4.69, 9.17) is 5.11 Å². The normalized spacial score (nSPS) is 10.8. The average molecular weight is 269 g/mol. The zero-order chi connectivity index (χ0) is 13.1. The van der Waals surface area contributed by atoms with Crippen LogP contribution in [-0.4, -0.2) is 46.5 Å². The van der Waals surface area contributed by atoms with Crippen molar-refractivity contribution in [3.8, 4) is 5.82 Å². The first-order valence-electron chi connectivity index (χ1n) is 5.01. The van der Waals surface area contributed by atoms with Crippen LogP contribution in [-0.2, 0) is 18.4 Å². The predicted octanol–water partition coefficient (Wildman–Crippen LogP) is -0.330. The van der Waals surface area contributed by atoms with Crippen molar-refractivity contribution in [3.63, 3.8) is 0 Å². The lowest BCUT2D eigenvalue weighted by atomic mass is 10.5. The summed E-state index contributed by atoms with van der Waals surface area (Å²) in [7, 11) is 1.76. The van der Waals surface area contributed by atoms with Crippen LogP contribution in [0, 0.1) is 0 Å². The Morgan fingerprint density at radius 3 is 2.83 bits per heavy atom. The Labute approximate surface area is 106 Å². The van der Waals surface area contributed by atoms with E-state index in [1.54, 1.807) is 24.0 Å². The largest absolute Gasteiger partial charge is 0.481 e. The van der Waals surface area contributed by atoms with Crippen molar-refractivity contribution >= 4 is 17.7 Å². The minimum absolute atomic E-state index is 0.129. The third-order valence-corrected chi connectivity index (χ3v) is 3.01. The number of rotatable bonds is 5. The molecule has 0 atom stereocenters. The Hall–Kier alpha value is -1.87. The van der Waals surface area contributed by atoms with Gasteiger partial charge in [-0.25, -0.2) is 0 Å². The van der Waals surface area contributed by atoms with Crippen LogP contribution in [0.4, 0.5) is 0 Å². The van der Waals surface area contributed by atoms with Gasteiger partial charge < -0.3 is 10.2 Å². The highest BCUT2D eigenvalue weighted by Gasteiger charge is 2.16. The monoisotopic (exact) mass is 269 g/mol. The van der Waals surface area contributed by atoms with Gasteiger partial charge in [-0.3, -0.25) is 14.0 Å². The summed E-state index contributed by atoms with van der Waals surface area (Å²) in [5, 5.41) is 30.1. The second-order valence-corrected chi connectivity index (χ2v) is 4.36. The fourth-order valence-electron chi connectivity index (χ4n) is 1.37. The Morgan fingerprint density at radius 2 is 2.28 bits per heavy atom. The molecule has 9 heteroatoms. The molecule has 0 spiro atoms. The molecule has 96 valence electrons. The minimum Gasteiger partial charge on any atom is -0.481 e. The van der Waals surface area contributed by atoms with E-state index in [2.05, 4.69) is 15.3 Å². The summed E-state index contributed by atoms with van der Waals surface area (Å²) in [6.07, 6.45) is 1.74. The number of aromatic nitrogens is 5. The number of hydrogen-bond acceptors (Lipinski definition) is 6. The molecule has 0 radical (unpaired) electrons. The third-order valence-electron chi connectivity index (χ3n) is 2.10. The number of aliphatic hydroxyl groups is 1. The number of aliphatic hydroxyl groups excluding tert-OH is 1. The van der Waals surface area contributed by atoms with Gasteiger partial charge in [0.25, 0.3) is 0 Å². The first-order chi connectivity index (χ1) is 8.61. The van der Waals surface area contributed by atoms with Crippen LogP contribution >= 0.6 is 11.8 Å². The van der Waals surface area contributed by atoms with Crippen LogP contribution in [0.1, 0.15) is 5.82 Å². The van der Waals surface area contributed by atoms with Crippen molar-refractivity contribution in [2.45, 2.75) is 11.8 Å². The molecule has 2 aromatic rings. The molecule has 0 unspecified atom stereocenters. The maximum absolute atomic E-state index is 10.6. The number of hydrogen-bond donors (Lipinski definition) is 2. The molecule has 0 aromatic carbocycles. The maximum atomic E-state index is 10.6. The molecule has 0 aliphatic rings. The van der Waals surface area contributed by atoms with E-state index in [0.717, 1.165) is 11.8 Å². The van der Waals surface area contributed by atoms with Crippen molar-refractivity contribution < 1.29 is 15.0 Å². The van der Waals surface area contributed by atoms with Crippen LogP contribution < -0.4 is 0 Å². The van der Waals surface area contributed by atoms with Crippen molar-refractivity contribution in [2.24, 2.45) is 7.05 Å². The van der Waals surface area contributed by atoms with Gasteiger partial charge in [-0.2, -0.15) is 5.10 Å². The number of carbonyl (C=O) groups is 1. The van der Waals surface area contributed by atoms with Crippen LogP contribution in [0.5, 0.6) is 0 Å². The number of aryl methyl sites for hydroxylation is 1. The van der Waals surface area contributed by atoms with Gasteiger partial charge in [0.2, 0.25) is 0 Å². The smallest absolute Gasteiger partial charge is 0.313 e. The van der Waals surface area contributed by atoms with E-state index in [1.165, 1.54) is 4.57 Å². The van der Waals surface area contributed by atoms with Gasteiger partial charge in [0.05, 0.1) is 5.75 Å². The molecule has 0 fully saturated rings. The van der Waals surface area contributed by atoms with Crippen LogP contribution in [0.3, 0.4) is 0 Å². The number of carboxylic acid groups (broad SMARTS) is 1. The highest BCUT2D eigenvalue weighted by atomic mass is 32.2. The molecule has 0 amide bonds. The summed E-state index contributed by atoms with van der Waals surface area (Å²) >= 11 is 1.02. The molecule has 2 rings (SSSR count). The van der Waals surface area contributed by atoms with Crippen LogP contribution in [0.25, 0.3) is 5.82 Å². The maximum Gasteiger partial charge on any atom is 0.313 e. The van der Waals surface area contributed by atoms with Crippen molar-refractivity contribution in [3.05, 3.63) is 18.1 Å². The first-order valence-corrected chi connectivity index (χ1v) is 6.00. The Morgan fingerprint density at radius 1 is 1.50 bits per heavy atom. The summed E-state index contributed by atoms with van der Waals surface area (Å²) in [5.41, 5.74) is 0. The van der Waals surface area contributed by atoms with Crippen LogP contribution in [0.15, 0.2) is 17.4 Å². The second-order valence-electron chi connectivity index (χ2n) is 3.42. The van der Waals surface area contributed by atoms with Crippen molar-refractivity contribution in [2.75, 3.05) is 5.75 Å². The zero-order valence-corrected chi connectivity index (χ0v) is 10.3. The molecular weight excluding hydrogens is 258 g/mol. The Kier molecular flexibility index (Phi) is 3.63. The van der Waals surface area contributed by atoms with Gasteiger partial charge in [0, 0.05) is 19.3 Å². The summed E-state index contributed by atoms with van der Waals surface area (Å²) in [6.45, 7) is -0.294. The molecule has 8 nitrogen and oxygen atoms in total.